The Labute approximate surface area is 106 Å². The van der Waals surface area contributed by atoms with Crippen molar-refractivity contribution in [2.75, 3.05) is 0 Å². The second-order valence-corrected chi connectivity index (χ2v) is 4.26. The molecule has 0 spiro atoms. The molecule has 1 aromatic carbocycles. The smallest absolute Gasteiger partial charge is 0.123 e. The highest BCUT2D eigenvalue weighted by Gasteiger charge is 2.12. The summed E-state index contributed by atoms with van der Waals surface area (Å²) in [5, 5.41) is 0. The van der Waals surface area contributed by atoms with Gasteiger partial charge in [0.15, 0.2) is 0 Å². The van der Waals surface area contributed by atoms with Crippen molar-refractivity contribution in [1.82, 2.24) is 10.4 Å². The maximum absolute atomic E-state index is 13.1. The van der Waals surface area contributed by atoms with E-state index in [0.717, 1.165) is 17.0 Å². The van der Waals surface area contributed by atoms with Gasteiger partial charge >= 0.3 is 0 Å². The minimum atomic E-state index is -0.236. The lowest BCUT2D eigenvalue weighted by Crippen LogP contribution is -2.30. The van der Waals surface area contributed by atoms with Gasteiger partial charge in [-0.2, -0.15) is 0 Å². The number of hydrogen-bond donors (Lipinski definition) is 2. The molecule has 0 bridgehead atoms. The van der Waals surface area contributed by atoms with Crippen LogP contribution in [0.25, 0.3) is 0 Å². The molecule has 1 aromatic heterocycles. The zero-order chi connectivity index (χ0) is 13.0. The van der Waals surface area contributed by atoms with Crippen LogP contribution in [0.1, 0.15) is 23.0 Å². The summed E-state index contributed by atoms with van der Waals surface area (Å²) in [6.45, 7) is 1.93. The fourth-order valence-electron chi connectivity index (χ4n) is 1.91. The Balaban J connectivity index is 2.19. The van der Waals surface area contributed by atoms with E-state index < -0.39 is 0 Å². The lowest BCUT2D eigenvalue weighted by atomic mass is 10.0. The Morgan fingerprint density at radius 3 is 2.72 bits per heavy atom. The first kappa shape index (κ1) is 12.7. The third-order valence-electron chi connectivity index (χ3n) is 2.80. The lowest BCUT2D eigenvalue weighted by molar-refractivity contribution is 0.534. The number of aromatic nitrogens is 1. The Morgan fingerprint density at radius 1 is 1.28 bits per heavy atom. The van der Waals surface area contributed by atoms with Crippen molar-refractivity contribution in [2.24, 2.45) is 5.84 Å². The average Bonchev–Trinajstić information content (AvgIpc) is 2.36. The average molecular weight is 245 g/mol. The normalized spacial score (nSPS) is 12.4. The minimum Gasteiger partial charge on any atom is -0.271 e. The Morgan fingerprint density at radius 2 is 2.06 bits per heavy atom. The van der Waals surface area contributed by atoms with Gasteiger partial charge in [-0.05, 0) is 43.2 Å². The van der Waals surface area contributed by atoms with Crippen LogP contribution in [0.15, 0.2) is 42.5 Å². The summed E-state index contributed by atoms with van der Waals surface area (Å²) in [5.41, 5.74) is 5.42. The summed E-state index contributed by atoms with van der Waals surface area (Å²) >= 11 is 0. The number of benzene rings is 1. The van der Waals surface area contributed by atoms with Crippen LogP contribution in [0.3, 0.4) is 0 Å². The van der Waals surface area contributed by atoms with Crippen LogP contribution >= 0.6 is 0 Å². The van der Waals surface area contributed by atoms with Crippen molar-refractivity contribution in [3.8, 4) is 0 Å². The maximum Gasteiger partial charge on any atom is 0.123 e. The van der Waals surface area contributed by atoms with Crippen molar-refractivity contribution in [2.45, 2.75) is 19.4 Å². The van der Waals surface area contributed by atoms with E-state index in [2.05, 4.69) is 10.4 Å². The van der Waals surface area contributed by atoms with Crippen molar-refractivity contribution < 1.29 is 4.39 Å². The van der Waals surface area contributed by atoms with E-state index in [-0.39, 0.29) is 11.9 Å². The lowest BCUT2D eigenvalue weighted by Gasteiger charge is -2.16. The number of aryl methyl sites for hydroxylation is 1. The van der Waals surface area contributed by atoms with Crippen LogP contribution in [-0.2, 0) is 6.42 Å². The van der Waals surface area contributed by atoms with E-state index in [4.69, 9.17) is 5.84 Å². The van der Waals surface area contributed by atoms with E-state index in [9.17, 15) is 4.39 Å². The largest absolute Gasteiger partial charge is 0.271 e. The Kier molecular flexibility index (Phi) is 4.02. The summed E-state index contributed by atoms with van der Waals surface area (Å²) in [6, 6.07) is 12.2. The van der Waals surface area contributed by atoms with Crippen molar-refractivity contribution in [1.29, 1.82) is 0 Å². The molecular weight excluding hydrogens is 229 g/mol. The number of nitrogens with one attached hydrogen (secondary N) is 1. The third kappa shape index (κ3) is 3.12. The van der Waals surface area contributed by atoms with Gasteiger partial charge in [0.1, 0.15) is 5.82 Å². The van der Waals surface area contributed by atoms with Gasteiger partial charge in [0, 0.05) is 5.69 Å². The number of hydrogen-bond acceptors (Lipinski definition) is 3. The number of halogens is 1. The molecule has 0 saturated heterocycles. The molecule has 4 heteroatoms. The van der Waals surface area contributed by atoms with Gasteiger partial charge in [0.2, 0.25) is 0 Å². The molecule has 0 aliphatic rings. The van der Waals surface area contributed by atoms with Gasteiger partial charge in [0.25, 0.3) is 0 Å². The molecular formula is C14H16FN3. The van der Waals surface area contributed by atoms with Gasteiger partial charge in [-0.15, -0.1) is 0 Å². The monoisotopic (exact) mass is 245 g/mol. The van der Waals surface area contributed by atoms with Gasteiger partial charge in [0.05, 0.1) is 11.7 Å². The molecule has 2 aromatic rings. The topological polar surface area (TPSA) is 50.9 Å². The molecule has 1 atom stereocenters. The Hall–Kier alpha value is -1.78. The molecule has 3 N–H and O–H groups in total. The molecule has 3 nitrogen and oxygen atoms in total. The van der Waals surface area contributed by atoms with E-state index >= 15 is 0 Å². The van der Waals surface area contributed by atoms with E-state index in [1.54, 1.807) is 6.07 Å². The fourth-order valence-corrected chi connectivity index (χ4v) is 1.91. The molecule has 0 aliphatic carbocycles. The summed E-state index contributed by atoms with van der Waals surface area (Å²) in [6.07, 6.45) is 0.602. The number of hydrazine groups is 1. The number of nitrogens with zero attached hydrogens (tertiary/aromatic N) is 1. The number of rotatable bonds is 4. The van der Waals surface area contributed by atoms with Crippen LogP contribution in [0, 0.1) is 12.7 Å². The summed E-state index contributed by atoms with van der Waals surface area (Å²) in [5.74, 6) is 5.32. The molecule has 0 amide bonds. The highest BCUT2D eigenvalue weighted by atomic mass is 19.1. The van der Waals surface area contributed by atoms with E-state index in [1.165, 1.54) is 12.1 Å². The van der Waals surface area contributed by atoms with E-state index in [0.29, 0.717) is 6.42 Å². The summed E-state index contributed by atoms with van der Waals surface area (Å²) in [4.78, 5) is 4.43. The molecule has 1 unspecified atom stereocenters. The molecule has 0 radical (unpaired) electrons. The highest BCUT2D eigenvalue weighted by Crippen LogP contribution is 2.16. The standard InChI is InChI=1S/C14H16FN3/c1-10-4-2-7-13(17-10)14(18-16)9-11-5-3-6-12(15)8-11/h2-8,14,18H,9,16H2,1H3. The Bertz CT molecular complexity index is 528. The maximum atomic E-state index is 13.1. The second-order valence-electron chi connectivity index (χ2n) is 4.26. The predicted octanol–water partition coefficient (Wildman–Crippen LogP) is 2.28. The molecule has 18 heavy (non-hydrogen) atoms. The second kappa shape index (κ2) is 5.71. The first-order valence-corrected chi connectivity index (χ1v) is 5.83. The molecule has 94 valence electrons. The molecule has 0 fully saturated rings. The predicted molar refractivity (Wildman–Crippen MR) is 69.1 cm³/mol. The highest BCUT2D eigenvalue weighted by molar-refractivity contribution is 5.21. The minimum absolute atomic E-state index is 0.119. The molecule has 0 aliphatic heterocycles. The van der Waals surface area contributed by atoms with Crippen LogP contribution in [0.5, 0.6) is 0 Å². The van der Waals surface area contributed by atoms with Crippen LogP contribution < -0.4 is 11.3 Å². The quantitative estimate of drug-likeness (QED) is 0.642. The number of pyridine rings is 1. The first-order valence-electron chi connectivity index (χ1n) is 5.83. The van der Waals surface area contributed by atoms with Gasteiger partial charge in [-0.3, -0.25) is 16.3 Å². The van der Waals surface area contributed by atoms with Crippen LogP contribution in [0.2, 0.25) is 0 Å². The molecule has 1 heterocycles. The first-order chi connectivity index (χ1) is 8.69. The zero-order valence-electron chi connectivity index (χ0n) is 10.2. The van der Waals surface area contributed by atoms with Crippen LogP contribution in [0.4, 0.5) is 4.39 Å². The van der Waals surface area contributed by atoms with E-state index in [1.807, 2.05) is 31.2 Å². The van der Waals surface area contributed by atoms with Crippen molar-refractivity contribution in [3.63, 3.8) is 0 Å². The van der Waals surface area contributed by atoms with Crippen molar-refractivity contribution in [3.05, 3.63) is 65.2 Å². The molecule has 0 saturated carbocycles. The van der Waals surface area contributed by atoms with Crippen LogP contribution in [-0.4, -0.2) is 4.98 Å². The number of nitrogens with two attached hydrogens (primary N) is 1. The summed E-state index contributed by atoms with van der Waals surface area (Å²) < 4.78 is 13.1. The third-order valence-corrected chi connectivity index (χ3v) is 2.80. The van der Waals surface area contributed by atoms with Gasteiger partial charge in [-0.25, -0.2) is 4.39 Å². The fraction of sp³-hybridized carbons (Fsp3) is 0.214. The van der Waals surface area contributed by atoms with Gasteiger partial charge < -0.3 is 0 Å². The van der Waals surface area contributed by atoms with Gasteiger partial charge in [-0.1, -0.05) is 18.2 Å². The zero-order valence-corrected chi connectivity index (χ0v) is 10.2. The summed E-state index contributed by atoms with van der Waals surface area (Å²) in [7, 11) is 0. The molecule has 2 rings (SSSR count). The van der Waals surface area contributed by atoms with Crippen molar-refractivity contribution >= 4 is 0 Å². The SMILES string of the molecule is Cc1cccc(C(Cc2cccc(F)c2)NN)n1.